The van der Waals surface area contributed by atoms with E-state index < -0.39 is 17.9 Å². The predicted octanol–water partition coefficient (Wildman–Crippen LogP) is 3.44. The van der Waals surface area contributed by atoms with E-state index in [1.165, 1.54) is 25.2 Å². The molecule has 0 amide bonds. The summed E-state index contributed by atoms with van der Waals surface area (Å²) in [7, 11) is 2.38. The van der Waals surface area contributed by atoms with Gasteiger partial charge in [0.25, 0.3) is 0 Å². The van der Waals surface area contributed by atoms with Crippen LogP contribution in [0.1, 0.15) is 11.5 Å². The number of carbonyl (C=O) groups excluding carboxylic acids is 2. The minimum absolute atomic E-state index is 0.0263. The molecule has 1 atom stereocenters. The van der Waals surface area contributed by atoms with Crippen molar-refractivity contribution in [1.29, 1.82) is 5.26 Å². The van der Waals surface area contributed by atoms with Crippen LogP contribution in [-0.4, -0.2) is 31.3 Å². The number of nitrogens with zero attached hydrogens (tertiary/aromatic N) is 2. The van der Waals surface area contributed by atoms with E-state index in [0.29, 0.717) is 22.0 Å². The van der Waals surface area contributed by atoms with E-state index in [2.05, 4.69) is 6.07 Å². The van der Waals surface area contributed by atoms with Gasteiger partial charge in [0.15, 0.2) is 0 Å². The molecular weight excluding hydrogens is 434 g/mol. The molecule has 0 spiro atoms. The largest absolute Gasteiger partial charge is 0.507 e. The first kappa shape index (κ1) is 22.4. The SMILES string of the molecule is COC(=O)C1=C(C(=O)OC)N(c2ccc(O)c3ccccc23)C(N)=C(C#N)C1c1ccccc1. The maximum absolute atomic E-state index is 13.2. The van der Waals surface area contributed by atoms with Crippen LogP contribution < -0.4 is 10.6 Å². The van der Waals surface area contributed by atoms with Crippen molar-refractivity contribution in [2.45, 2.75) is 5.92 Å². The molecule has 3 N–H and O–H groups in total. The second-order valence-corrected chi connectivity index (χ2v) is 7.48. The molecule has 1 aliphatic rings. The molecule has 0 bridgehead atoms. The summed E-state index contributed by atoms with van der Waals surface area (Å²) < 4.78 is 10.1. The van der Waals surface area contributed by atoms with Crippen molar-refractivity contribution in [3.8, 4) is 11.8 Å². The van der Waals surface area contributed by atoms with Gasteiger partial charge in [0, 0.05) is 10.8 Å². The van der Waals surface area contributed by atoms with E-state index in [-0.39, 0.29) is 28.4 Å². The first-order chi connectivity index (χ1) is 16.4. The molecule has 170 valence electrons. The lowest BCUT2D eigenvalue weighted by atomic mass is 9.80. The Hall–Kier alpha value is -4.77. The van der Waals surface area contributed by atoms with E-state index in [1.807, 2.05) is 0 Å². The number of anilines is 1. The molecule has 8 nitrogen and oxygen atoms in total. The zero-order valence-electron chi connectivity index (χ0n) is 18.5. The number of allylic oxidation sites excluding steroid dienone is 1. The lowest BCUT2D eigenvalue weighted by Gasteiger charge is -2.36. The molecule has 0 saturated carbocycles. The average Bonchev–Trinajstić information content (AvgIpc) is 2.88. The van der Waals surface area contributed by atoms with Crippen molar-refractivity contribution in [1.82, 2.24) is 0 Å². The molecule has 0 radical (unpaired) electrons. The normalized spacial score (nSPS) is 15.8. The van der Waals surface area contributed by atoms with Crippen molar-refractivity contribution < 1.29 is 24.2 Å². The summed E-state index contributed by atoms with van der Waals surface area (Å²) in [6.07, 6.45) is 0. The van der Waals surface area contributed by atoms with Crippen LogP contribution in [0.25, 0.3) is 10.8 Å². The summed E-state index contributed by atoms with van der Waals surface area (Å²) in [5.74, 6) is -2.60. The fraction of sp³-hybridized carbons (Fsp3) is 0.115. The Morgan fingerprint density at radius 1 is 0.941 bits per heavy atom. The summed E-state index contributed by atoms with van der Waals surface area (Å²) in [4.78, 5) is 27.6. The Balaban J connectivity index is 2.13. The van der Waals surface area contributed by atoms with E-state index in [4.69, 9.17) is 15.2 Å². The molecule has 0 saturated heterocycles. The van der Waals surface area contributed by atoms with Gasteiger partial charge in [-0.05, 0) is 17.7 Å². The zero-order chi connectivity index (χ0) is 24.4. The molecule has 0 aromatic heterocycles. The van der Waals surface area contributed by atoms with Gasteiger partial charge in [-0.15, -0.1) is 0 Å². The number of phenols is 1. The molecule has 34 heavy (non-hydrogen) atoms. The number of nitriles is 1. The lowest BCUT2D eigenvalue weighted by Crippen LogP contribution is -2.40. The molecule has 3 aromatic rings. The highest BCUT2D eigenvalue weighted by molar-refractivity contribution is 6.09. The fourth-order valence-electron chi connectivity index (χ4n) is 4.23. The van der Waals surface area contributed by atoms with Crippen LogP contribution in [-0.2, 0) is 19.1 Å². The maximum atomic E-state index is 13.2. The van der Waals surface area contributed by atoms with E-state index >= 15 is 0 Å². The number of hydrogen-bond acceptors (Lipinski definition) is 8. The van der Waals surface area contributed by atoms with E-state index in [9.17, 15) is 20.0 Å². The van der Waals surface area contributed by atoms with Gasteiger partial charge >= 0.3 is 11.9 Å². The number of ether oxygens (including phenoxy) is 2. The number of nitrogens with two attached hydrogens (primary N) is 1. The topological polar surface area (TPSA) is 126 Å². The first-order valence-corrected chi connectivity index (χ1v) is 10.3. The molecule has 1 unspecified atom stereocenters. The number of fused-ring (bicyclic) bond motifs is 1. The van der Waals surface area contributed by atoms with Crippen LogP contribution in [0.3, 0.4) is 0 Å². The number of esters is 2. The summed E-state index contributed by atoms with van der Waals surface area (Å²) in [6, 6.07) is 20.9. The van der Waals surface area contributed by atoms with Crippen LogP contribution in [0.2, 0.25) is 0 Å². The van der Waals surface area contributed by atoms with Gasteiger partial charge < -0.3 is 20.3 Å². The minimum atomic E-state index is -0.952. The van der Waals surface area contributed by atoms with Crippen LogP contribution in [0.4, 0.5) is 5.69 Å². The standard InChI is InChI=1S/C26H21N3O5/c1-33-25(31)22-21(15-8-4-3-5-9-15)18(14-27)24(28)29(23(22)26(32)34-2)19-12-13-20(30)17-11-7-6-10-16(17)19/h3-13,21,30H,28H2,1-2H3. The quantitative estimate of drug-likeness (QED) is 0.573. The third-order valence-corrected chi connectivity index (χ3v) is 5.73. The third kappa shape index (κ3) is 3.49. The fourth-order valence-corrected chi connectivity index (χ4v) is 4.23. The van der Waals surface area contributed by atoms with Gasteiger partial charge in [-0.2, -0.15) is 5.26 Å². The maximum Gasteiger partial charge on any atom is 0.355 e. The lowest BCUT2D eigenvalue weighted by molar-refractivity contribution is -0.139. The van der Waals surface area contributed by atoms with Gasteiger partial charge in [-0.25, -0.2) is 9.59 Å². The highest BCUT2D eigenvalue weighted by atomic mass is 16.5. The van der Waals surface area contributed by atoms with E-state index in [1.54, 1.807) is 60.7 Å². The summed E-state index contributed by atoms with van der Waals surface area (Å²) >= 11 is 0. The summed E-state index contributed by atoms with van der Waals surface area (Å²) in [5, 5.41) is 21.5. The van der Waals surface area contributed by atoms with Crippen molar-refractivity contribution in [3.63, 3.8) is 0 Å². The molecule has 1 heterocycles. The van der Waals surface area contributed by atoms with Crippen molar-refractivity contribution in [2.24, 2.45) is 5.73 Å². The highest BCUT2D eigenvalue weighted by Gasteiger charge is 2.43. The van der Waals surface area contributed by atoms with Gasteiger partial charge in [-0.3, -0.25) is 4.90 Å². The number of carbonyl (C=O) groups is 2. The molecule has 0 fully saturated rings. The molecule has 4 rings (SSSR count). The average molecular weight is 455 g/mol. The van der Waals surface area contributed by atoms with Gasteiger partial charge in [-0.1, -0.05) is 54.6 Å². The second kappa shape index (κ2) is 9.00. The first-order valence-electron chi connectivity index (χ1n) is 10.3. The number of aromatic hydroxyl groups is 1. The van der Waals surface area contributed by atoms with Crippen molar-refractivity contribution >= 4 is 28.4 Å². The Morgan fingerprint density at radius 2 is 1.56 bits per heavy atom. The minimum Gasteiger partial charge on any atom is -0.507 e. The summed E-state index contributed by atoms with van der Waals surface area (Å²) in [6.45, 7) is 0. The number of rotatable bonds is 4. The Labute approximate surface area is 195 Å². The summed E-state index contributed by atoms with van der Waals surface area (Å²) in [5.41, 5.74) is 7.31. The molecular formula is C26H21N3O5. The monoisotopic (exact) mass is 455 g/mol. The van der Waals surface area contributed by atoms with Crippen LogP contribution in [0.5, 0.6) is 5.75 Å². The van der Waals surface area contributed by atoms with Crippen LogP contribution >= 0.6 is 0 Å². The van der Waals surface area contributed by atoms with Gasteiger partial charge in [0.1, 0.15) is 17.3 Å². The smallest absolute Gasteiger partial charge is 0.355 e. The van der Waals surface area contributed by atoms with Gasteiger partial charge in [0.05, 0.1) is 43.0 Å². The van der Waals surface area contributed by atoms with Crippen LogP contribution in [0.15, 0.2) is 89.4 Å². The molecule has 8 heteroatoms. The Morgan fingerprint density at radius 3 is 2.18 bits per heavy atom. The number of phenolic OH excluding ortho intramolecular Hbond substituents is 1. The number of methoxy groups -OCH3 is 2. The van der Waals surface area contributed by atoms with Crippen molar-refractivity contribution in [3.05, 3.63) is 95.0 Å². The Bertz CT molecular complexity index is 1400. The second-order valence-electron chi connectivity index (χ2n) is 7.48. The Kier molecular flexibility index (Phi) is 5.94. The zero-order valence-corrected chi connectivity index (χ0v) is 18.5. The molecule has 3 aromatic carbocycles. The van der Waals surface area contributed by atoms with Gasteiger partial charge in [0.2, 0.25) is 0 Å². The highest BCUT2D eigenvalue weighted by Crippen LogP contribution is 2.45. The van der Waals surface area contributed by atoms with Crippen molar-refractivity contribution in [2.75, 3.05) is 19.1 Å². The molecule has 1 aliphatic heterocycles. The van der Waals surface area contributed by atoms with E-state index in [0.717, 1.165) is 0 Å². The predicted molar refractivity (Wildman–Crippen MR) is 125 cm³/mol. The molecule has 0 aliphatic carbocycles. The number of hydrogen-bond donors (Lipinski definition) is 2. The van der Waals surface area contributed by atoms with Crippen LogP contribution in [0, 0.1) is 11.3 Å². The number of benzene rings is 3. The third-order valence-electron chi connectivity index (χ3n) is 5.73.